The van der Waals surface area contributed by atoms with Crippen molar-refractivity contribution >= 4 is 20.0 Å². The monoisotopic (exact) mass is 380 g/mol. The molecule has 2 aromatic rings. The molecular weight excluding hydrogens is 368 g/mol. The summed E-state index contributed by atoms with van der Waals surface area (Å²) in [6.07, 6.45) is 10.2. The van der Waals surface area contributed by atoms with E-state index in [0.717, 1.165) is 6.42 Å². The molecule has 109 valence electrons. The van der Waals surface area contributed by atoms with Gasteiger partial charge in [-0.05, 0) is 0 Å². The molecule has 0 spiro atoms. The van der Waals surface area contributed by atoms with Crippen LogP contribution in [-0.2, 0) is 20.4 Å². The van der Waals surface area contributed by atoms with Crippen molar-refractivity contribution in [3.8, 4) is 0 Å². The van der Waals surface area contributed by atoms with Gasteiger partial charge in [0.25, 0.3) is 0 Å². The van der Waals surface area contributed by atoms with E-state index in [2.05, 4.69) is 85.4 Å². The standard InChI is InChI=1S/C17H13NP.2ClH.Ti/c1-2-6-13(5-1)17-15-8-4-3-7-14(15)11-16(17)18-9-10-19-12-18;;;/h1,3-5,7-12,17H,2H2;2*1H;/q;;;+2/p-2. The third-order valence-corrected chi connectivity index (χ3v) is 5.44. The summed E-state index contributed by atoms with van der Waals surface area (Å²) in [7, 11) is 1.27. The molecule has 0 radical (unpaired) electrons. The zero-order valence-electron chi connectivity index (χ0n) is 11.7. The summed E-state index contributed by atoms with van der Waals surface area (Å²) in [6.45, 7) is 0. The SMILES string of the molecule is [Cl-].[Cl-].[Ti+2][C]1=C(C2C(n3ccpc3)=Cc3ccccc32)C=CC1. The molecule has 0 N–H and O–H groups in total. The van der Waals surface area contributed by atoms with Crippen molar-refractivity contribution in [2.24, 2.45) is 0 Å². The second-order valence-electron chi connectivity index (χ2n) is 5.14. The summed E-state index contributed by atoms with van der Waals surface area (Å²) in [5, 5.41) is 0. The van der Waals surface area contributed by atoms with E-state index in [1.165, 1.54) is 34.5 Å². The first-order valence-corrected chi connectivity index (χ1v) is 8.56. The second-order valence-corrected chi connectivity index (χ2v) is 6.91. The van der Waals surface area contributed by atoms with Crippen LogP contribution >= 0.6 is 8.19 Å². The van der Waals surface area contributed by atoms with Crippen molar-refractivity contribution in [1.29, 1.82) is 0 Å². The molecule has 0 saturated carbocycles. The summed E-state index contributed by atoms with van der Waals surface area (Å²) in [6, 6.07) is 8.77. The third-order valence-electron chi connectivity index (χ3n) is 3.99. The number of halogens is 2. The molecule has 0 saturated heterocycles. The Morgan fingerprint density at radius 3 is 2.68 bits per heavy atom. The average molecular weight is 381 g/mol. The van der Waals surface area contributed by atoms with E-state index >= 15 is 0 Å². The number of rotatable bonds is 2. The fraction of sp³-hybridized carbons (Fsp3) is 0.118. The van der Waals surface area contributed by atoms with Crippen molar-refractivity contribution in [1.82, 2.24) is 4.57 Å². The van der Waals surface area contributed by atoms with Crippen LogP contribution < -0.4 is 24.8 Å². The van der Waals surface area contributed by atoms with Crippen LogP contribution in [0.15, 0.2) is 63.8 Å². The van der Waals surface area contributed by atoms with Crippen LogP contribution in [-0.4, -0.2) is 4.57 Å². The first kappa shape index (κ1) is 17.8. The van der Waals surface area contributed by atoms with Gasteiger partial charge in [-0.15, -0.1) is 0 Å². The van der Waals surface area contributed by atoms with Crippen LogP contribution in [0, 0.1) is 0 Å². The molecule has 1 atom stereocenters. The molecule has 1 unspecified atom stereocenters. The van der Waals surface area contributed by atoms with E-state index in [4.69, 9.17) is 0 Å². The Kier molecular flexibility index (Phi) is 5.94. The van der Waals surface area contributed by atoms with Gasteiger partial charge in [-0.2, -0.15) is 0 Å². The Labute approximate surface area is 156 Å². The van der Waals surface area contributed by atoms with E-state index in [1.54, 1.807) is 0 Å². The van der Waals surface area contributed by atoms with Gasteiger partial charge in [0, 0.05) is 0 Å². The Hall–Kier alpha value is -0.556. The van der Waals surface area contributed by atoms with Gasteiger partial charge in [-0.3, -0.25) is 0 Å². The van der Waals surface area contributed by atoms with E-state index in [-0.39, 0.29) is 24.8 Å². The zero-order valence-corrected chi connectivity index (χ0v) is 15.7. The van der Waals surface area contributed by atoms with Gasteiger partial charge < -0.3 is 24.8 Å². The minimum atomic E-state index is 0. The first-order chi connectivity index (χ1) is 9.84. The van der Waals surface area contributed by atoms with E-state index in [9.17, 15) is 0 Å². The van der Waals surface area contributed by atoms with Crippen LogP contribution in [0.4, 0.5) is 0 Å². The molecular formula is C17H13Cl2NPTi. The van der Waals surface area contributed by atoms with Crippen LogP contribution in [0.25, 0.3) is 11.8 Å². The van der Waals surface area contributed by atoms with Crippen molar-refractivity contribution in [3.05, 3.63) is 74.9 Å². The number of hydrogen-bond donors (Lipinski definition) is 0. The average Bonchev–Trinajstić information content (AvgIpc) is 3.15. The molecule has 22 heavy (non-hydrogen) atoms. The van der Waals surface area contributed by atoms with Gasteiger partial charge in [0.15, 0.2) is 0 Å². The van der Waals surface area contributed by atoms with Gasteiger partial charge in [-0.1, -0.05) is 0 Å². The zero-order chi connectivity index (χ0) is 13.5. The maximum atomic E-state index is 2.34. The molecule has 1 aromatic carbocycles. The van der Waals surface area contributed by atoms with Crippen LogP contribution in [0.3, 0.4) is 0 Å². The van der Waals surface area contributed by atoms with Gasteiger partial charge in [-0.25, -0.2) is 0 Å². The number of hydrogen-bond acceptors (Lipinski definition) is 0. The van der Waals surface area contributed by atoms with Crippen molar-refractivity contribution in [2.75, 3.05) is 0 Å². The molecule has 0 fully saturated rings. The van der Waals surface area contributed by atoms with E-state index in [1.807, 2.05) is 0 Å². The summed E-state index contributed by atoms with van der Waals surface area (Å²) in [5.41, 5.74) is 5.66. The van der Waals surface area contributed by atoms with Crippen LogP contribution in [0.5, 0.6) is 0 Å². The normalized spacial score (nSPS) is 19.0. The van der Waals surface area contributed by atoms with Crippen LogP contribution in [0.2, 0.25) is 0 Å². The number of allylic oxidation sites excluding steroid dienone is 5. The summed E-state index contributed by atoms with van der Waals surface area (Å²) in [4.78, 5) is 0. The quantitative estimate of drug-likeness (QED) is 0.585. The molecule has 0 amide bonds. The molecule has 1 heterocycles. The molecule has 4 rings (SSSR count). The molecule has 0 bridgehead atoms. The fourth-order valence-corrected chi connectivity index (χ4v) is 4.25. The third kappa shape index (κ3) is 2.94. The molecule has 2 aliphatic carbocycles. The van der Waals surface area contributed by atoms with Crippen molar-refractivity contribution in [3.63, 3.8) is 0 Å². The number of nitrogens with zero attached hydrogens (tertiary/aromatic N) is 1. The number of benzene rings is 1. The minimum absolute atomic E-state index is 0. The maximum absolute atomic E-state index is 2.34. The molecule has 2 aliphatic rings. The van der Waals surface area contributed by atoms with Gasteiger partial charge in [0.2, 0.25) is 0 Å². The summed E-state index contributed by atoms with van der Waals surface area (Å²) >= 11 is 2.26. The first-order valence-electron chi connectivity index (χ1n) is 6.74. The van der Waals surface area contributed by atoms with E-state index < -0.39 is 0 Å². The van der Waals surface area contributed by atoms with E-state index in [0.29, 0.717) is 5.92 Å². The molecule has 1 nitrogen and oxygen atoms in total. The Morgan fingerprint density at radius 1 is 1.18 bits per heavy atom. The van der Waals surface area contributed by atoms with Gasteiger partial charge in [0.1, 0.15) is 0 Å². The molecule has 1 aromatic heterocycles. The Bertz CT molecular complexity index is 763. The summed E-state index contributed by atoms with van der Waals surface area (Å²) in [5.74, 6) is 4.81. The number of fused-ring (bicyclic) bond motifs is 1. The second kappa shape index (κ2) is 7.34. The fourth-order valence-electron chi connectivity index (χ4n) is 3.06. The number of aromatic nitrogens is 1. The van der Waals surface area contributed by atoms with Gasteiger partial charge in [0.05, 0.1) is 0 Å². The molecule has 5 heteroatoms. The van der Waals surface area contributed by atoms with Crippen molar-refractivity contribution in [2.45, 2.75) is 12.3 Å². The predicted molar refractivity (Wildman–Crippen MR) is 81.1 cm³/mol. The van der Waals surface area contributed by atoms with Crippen molar-refractivity contribution < 1.29 is 45.2 Å². The summed E-state index contributed by atoms with van der Waals surface area (Å²) < 4.78 is 3.79. The Morgan fingerprint density at radius 2 is 2.00 bits per heavy atom. The van der Waals surface area contributed by atoms with Gasteiger partial charge >= 0.3 is 132 Å². The Balaban J connectivity index is 0.000000882. The predicted octanol–water partition coefficient (Wildman–Crippen LogP) is -1.07. The topological polar surface area (TPSA) is 4.93 Å². The van der Waals surface area contributed by atoms with Crippen LogP contribution in [0.1, 0.15) is 23.5 Å². The molecule has 0 aliphatic heterocycles.